The Hall–Kier alpha value is -2.77. The summed E-state index contributed by atoms with van der Waals surface area (Å²) in [4.78, 5) is 28.9. The van der Waals surface area contributed by atoms with Gasteiger partial charge in [-0.2, -0.15) is 0 Å². The molecule has 3 rings (SSSR count). The van der Waals surface area contributed by atoms with Gasteiger partial charge in [0.05, 0.1) is 6.42 Å². The van der Waals surface area contributed by atoms with Crippen LogP contribution in [0.3, 0.4) is 0 Å². The molecule has 1 saturated heterocycles. The number of hydrogen-bond donors (Lipinski definition) is 2. The number of piperazine rings is 1. The van der Waals surface area contributed by atoms with Crippen LogP contribution >= 0.6 is 12.2 Å². The van der Waals surface area contributed by atoms with Gasteiger partial charge in [0, 0.05) is 37.4 Å². The maximum absolute atomic E-state index is 12.7. The zero-order chi connectivity index (χ0) is 19.9. The SMILES string of the molecule is CN1CCN(C(=O)c2cccc(NC(=S)NC(=O)Cc3ccccc3)c2)CC1. The molecule has 2 aromatic rings. The van der Waals surface area contributed by atoms with Crippen LogP contribution in [0.15, 0.2) is 54.6 Å². The minimum atomic E-state index is -0.187. The lowest BCUT2D eigenvalue weighted by molar-refractivity contribution is -0.119. The summed E-state index contributed by atoms with van der Waals surface area (Å²) in [5, 5.41) is 5.87. The molecular weight excluding hydrogens is 372 g/mol. The van der Waals surface area contributed by atoms with Gasteiger partial charge >= 0.3 is 0 Å². The van der Waals surface area contributed by atoms with Crippen molar-refractivity contribution in [2.45, 2.75) is 6.42 Å². The van der Waals surface area contributed by atoms with Gasteiger partial charge in [-0.15, -0.1) is 0 Å². The third-order valence-electron chi connectivity index (χ3n) is 4.62. The van der Waals surface area contributed by atoms with Gasteiger partial charge in [-0.05, 0) is 43.0 Å². The number of hydrogen-bond acceptors (Lipinski definition) is 4. The highest BCUT2D eigenvalue weighted by atomic mass is 32.1. The molecule has 6 nitrogen and oxygen atoms in total. The first-order chi connectivity index (χ1) is 13.5. The predicted octanol–water partition coefficient (Wildman–Crippen LogP) is 2.13. The second kappa shape index (κ2) is 9.43. The molecule has 1 heterocycles. The Bertz CT molecular complexity index is 848. The first-order valence-electron chi connectivity index (χ1n) is 9.24. The van der Waals surface area contributed by atoms with Crippen LogP contribution in [0.2, 0.25) is 0 Å². The quantitative estimate of drug-likeness (QED) is 0.776. The van der Waals surface area contributed by atoms with E-state index in [0.717, 1.165) is 31.7 Å². The van der Waals surface area contributed by atoms with Gasteiger partial charge in [-0.25, -0.2) is 0 Å². The van der Waals surface area contributed by atoms with Crippen LogP contribution in [0.5, 0.6) is 0 Å². The maximum Gasteiger partial charge on any atom is 0.254 e. The molecule has 146 valence electrons. The van der Waals surface area contributed by atoms with Gasteiger partial charge in [-0.3, -0.25) is 9.59 Å². The second-order valence-corrected chi connectivity index (χ2v) is 7.25. The summed E-state index contributed by atoms with van der Waals surface area (Å²) < 4.78 is 0. The highest BCUT2D eigenvalue weighted by molar-refractivity contribution is 7.80. The number of amides is 2. The van der Waals surface area contributed by atoms with E-state index in [2.05, 4.69) is 22.6 Å². The summed E-state index contributed by atoms with van der Waals surface area (Å²) in [7, 11) is 2.05. The van der Waals surface area contributed by atoms with Crippen molar-refractivity contribution < 1.29 is 9.59 Å². The lowest BCUT2D eigenvalue weighted by Gasteiger charge is -2.32. The molecule has 0 saturated carbocycles. The van der Waals surface area contributed by atoms with Crippen molar-refractivity contribution in [3.8, 4) is 0 Å². The summed E-state index contributed by atoms with van der Waals surface area (Å²) in [6.45, 7) is 3.20. The average Bonchev–Trinajstić information content (AvgIpc) is 2.69. The molecule has 2 amide bonds. The van der Waals surface area contributed by atoms with Crippen molar-refractivity contribution >= 4 is 34.8 Å². The van der Waals surface area contributed by atoms with E-state index < -0.39 is 0 Å². The topological polar surface area (TPSA) is 64.7 Å². The fourth-order valence-corrected chi connectivity index (χ4v) is 3.27. The van der Waals surface area contributed by atoms with Gasteiger partial charge in [0.25, 0.3) is 5.91 Å². The Kier molecular flexibility index (Phi) is 6.73. The second-order valence-electron chi connectivity index (χ2n) is 6.84. The van der Waals surface area contributed by atoms with E-state index in [1.54, 1.807) is 18.2 Å². The van der Waals surface area contributed by atoms with E-state index in [9.17, 15) is 9.59 Å². The molecule has 2 N–H and O–H groups in total. The molecular formula is C21H24N4O2S. The Balaban J connectivity index is 1.55. The minimum Gasteiger partial charge on any atom is -0.336 e. The molecule has 0 aromatic heterocycles. The van der Waals surface area contributed by atoms with Crippen molar-refractivity contribution in [2.75, 3.05) is 38.5 Å². The van der Waals surface area contributed by atoms with E-state index >= 15 is 0 Å². The Morgan fingerprint density at radius 3 is 2.43 bits per heavy atom. The number of rotatable bonds is 4. The van der Waals surface area contributed by atoms with Crippen molar-refractivity contribution in [3.63, 3.8) is 0 Å². The van der Waals surface area contributed by atoms with Gasteiger partial charge in [-0.1, -0.05) is 36.4 Å². The van der Waals surface area contributed by atoms with E-state index in [4.69, 9.17) is 12.2 Å². The van der Waals surface area contributed by atoms with Crippen molar-refractivity contribution in [1.82, 2.24) is 15.1 Å². The summed E-state index contributed by atoms with van der Waals surface area (Å²) in [6.07, 6.45) is 0.255. The third kappa shape index (κ3) is 5.61. The number of nitrogens with one attached hydrogen (secondary N) is 2. The van der Waals surface area contributed by atoms with Crippen LogP contribution in [0.1, 0.15) is 15.9 Å². The number of likely N-dealkylation sites (N-methyl/N-ethyl adjacent to an activating group) is 1. The first-order valence-corrected chi connectivity index (χ1v) is 9.65. The monoisotopic (exact) mass is 396 g/mol. The Morgan fingerprint density at radius 1 is 1.00 bits per heavy atom. The fraction of sp³-hybridized carbons (Fsp3) is 0.286. The van der Waals surface area contributed by atoms with Gasteiger partial charge in [0.2, 0.25) is 5.91 Å². The lowest BCUT2D eigenvalue weighted by Crippen LogP contribution is -2.47. The highest BCUT2D eigenvalue weighted by Crippen LogP contribution is 2.14. The largest absolute Gasteiger partial charge is 0.336 e. The molecule has 1 aliphatic rings. The number of anilines is 1. The van der Waals surface area contributed by atoms with Crippen LogP contribution in [-0.4, -0.2) is 60.0 Å². The van der Waals surface area contributed by atoms with Crippen LogP contribution in [0.25, 0.3) is 0 Å². The molecule has 0 unspecified atom stereocenters. The molecule has 1 aliphatic heterocycles. The molecule has 7 heteroatoms. The summed E-state index contributed by atoms with van der Waals surface area (Å²) >= 11 is 5.23. The van der Waals surface area contributed by atoms with Gasteiger partial charge < -0.3 is 20.4 Å². The van der Waals surface area contributed by atoms with Crippen LogP contribution in [0.4, 0.5) is 5.69 Å². The number of carbonyl (C=O) groups excluding carboxylic acids is 2. The number of nitrogens with zero attached hydrogens (tertiary/aromatic N) is 2. The maximum atomic E-state index is 12.7. The summed E-state index contributed by atoms with van der Waals surface area (Å²) in [5.41, 5.74) is 2.19. The van der Waals surface area contributed by atoms with E-state index in [1.165, 1.54) is 0 Å². The molecule has 28 heavy (non-hydrogen) atoms. The predicted molar refractivity (Wildman–Crippen MR) is 114 cm³/mol. The van der Waals surface area contributed by atoms with Crippen LogP contribution in [0, 0.1) is 0 Å². The lowest BCUT2D eigenvalue weighted by atomic mass is 10.1. The number of carbonyl (C=O) groups is 2. The number of benzene rings is 2. The van der Waals surface area contributed by atoms with Crippen molar-refractivity contribution in [2.24, 2.45) is 0 Å². The third-order valence-corrected chi connectivity index (χ3v) is 4.82. The average molecular weight is 397 g/mol. The van der Waals surface area contributed by atoms with E-state index in [-0.39, 0.29) is 23.3 Å². The Labute approximate surface area is 170 Å². The first kappa shape index (κ1) is 20.0. The standard InChI is InChI=1S/C21H24N4O2S/c1-24-10-12-25(13-11-24)20(27)17-8-5-9-18(15-17)22-21(28)23-19(26)14-16-6-3-2-4-7-16/h2-9,15H,10-14H2,1H3,(H2,22,23,26,28). The normalized spacial score (nSPS) is 14.4. The number of thiocarbonyl (C=S) groups is 1. The van der Waals surface area contributed by atoms with Gasteiger partial charge in [0.1, 0.15) is 0 Å². The summed E-state index contributed by atoms with van der Waals surface area (Å²) in [6, 6.07) is 16.6. The fourth-order valence-electron chi connectivity index (χ4n) is 3.04. The smallest absolute Gasteiger partial charge is 0.254 e. The van der Waals surface area contributed by atoms with Crippen molar-refractivity contribution in [1.29, 1.82) is 0 Å². The van der Waals surface area contributed by atoms with E-state index in [1.807, 2.05) is 41.3 Å². The molecule has 0 spiro atoms. The van der Waals surface area contributed by atoms with E-state index in [0.29, 0.717) is 11.3 Å². The molecule has 0 radical (unpaired) electrons. The highest BCUT2D eigenvalue weighted by Gasteiger charge is 2.20. The van der Waals surface area contributed by atoms with Crippen molar-refractivity contribution in [3.05, 3.63) is 65.7 Å². The molecule has 0 aliphatic carbocycles. The molecule has 2 aromatic carbocycles. The minimum absolute atomic E-state index is 0.00998. The molecule has 1 fully saturated rings. The van der Waals surface area contributed by atoms with Crippen LogP contribution in [-0.2, 0) is 11.2 Å². The molecule has 0 atom stereocenters. The molecule has 0 bridgehead atoms. The van der Waals surface area contributed by atoms with Gasteiger partial charge in [0.15, 0.2) is 5.11 Å². The Morgan fingerprint density at radius 2 is 1.71 bits per heavy atom. The zero-order valence-electron chi connectivity index (χ0n) is 15.9. The summed E-state index contributed by atoms with van der Waals surface area (Å²) in [5.74, 6) is -0.177. The zero-order valence-corrected chi connectivity index (χ0v) is 16.7. The van der Waals surface area contributed by atoms with Crippen LogP contribution < -0.4 is 10.6 Å².